The molecule has 1 aromatic carbocycles. The molecule has 4 rings (SSSR count). The smallest absolute Gasteiger partial charge is 0.336 e. The lowest BCUT2D eigenvalue weighted by Gasteiger charge is -2.37. The summed E-state index contributed by atoms with van der Waals surface area (Å²) in [5.41, 5.74) is 1.48. The van der Waals surface area contributed by atoms with Gasteiger partial charge in [-0.3, -0.25) is 9.80 Å². The van der Waals surface area contributed by atoms with Crippen molar-refractivity contribution in [1.82, 2.24) is 9.80 Å². The Kier molecular flexibility index (Phi) is 4.73. The van der Waals surface area contributed by atoms with Gasteiger partial charge < -0.3 is 9.52 Å². The van der Waals surface area contributed by atoms with Crippen LogP contribution in [-0.2, 0) is 16.4 Å². The van der Waals surface area contributed by atoms with E-state index in [0.717, 1.165) is 43.5 Å². The summed E-state index contributed by atoms with van der Waals surface area (Å²) in [6.45, 7) is 5.69. The highest BCUT2D eigenvalue weighted by Gasteiger charge is 2.33. The van der Waals surface area contributed by atoms with Gasteiger partial charge in [0.05, 0.1) is 11.5 Å². The van der Waals surface area contributed by atoms with Crippen LogP contribution in [0, 0.1) is 6.92 Å². The van der Waals surface area contributed by atoms with Crippen molar-refractivity contribution in [3.8, 4) is 5.75 Å². The van der Waals surface area contributed by atoms with Crippen molar-refractivity contribution in [2.75, 3.05) is 37.7 Å². The summed E-state index contributed by atoms with van der Waals surface area (Å²) in [5, 5.41) is 10.7. The maximum atomic E-state index is 12.0. The van der Waals surface area contributed by atoms with Gasteiger partial charge in [-0.25, -0.2) is 13.2 Å². The molecule has 1 N–H and O–H groups in total. The molecule has 0 spiro atoms. The predicted octanol–water partition coefficient (Wildman–Crippen LogP) is 1.11. The minimum Gasteiger partial charge on any atom is -0.508 e. The van der Waals surface area contributed by atoms with E-state index < -0.39 is 15.5 Å². The van der Waals surface area contributed by atoms with Gasteiger partial charge in [0.2, 0.25) is 0 Å². The van der Waals surface area contributed by atoms with E-state index in [9.17, 15) is 18.3 Å². The lowest BCUT2D eigenvalue weighted by molar-refractivity contribution is 0.100. The maximum Gasteiger partial charge on any atom is 0.336 e. The highest BCUT2D eigenvalue weighted by Crippen LogP contribution is 2.28. The van der Waals surface area contributed by atoms with Gasteiger partial charge in [0.1, 0.15) is 11.3 Å². The summed E-state index contributed by atoms with van der Waals surface area (Å²) in [5.74, 6) is 0.693. The van der Waals surface area contributed by atoms with Crippen LogP contribution < -0.4 is 5.63 Å². The number of aryl methyl sites for hydroxylation is 1. The molecular formula is C19H24N2O5S. The summed E-state index contributed by atoms with van der Waals surface area (Å²) in [7, 11) is -2.86. The van der Waals surface area contributed by atoms with Crippen LogP contribution in [0.3, 0.4) is 0 Å². The van der Waals surface area contributed by atoms with Gasteiger partial charge in [-0.05, 0) is 31.0 Å². The number of nitrogens with zero attached hydrogens (tertiary/aromatic N) is 2. The monoisotopic (exact) mass is 392 g/mol. The fourth-order valence-electron chi connectivity index (χ4n) is 4.14. The van der Waals surface area contributed by atoms with Crippen molar-refractivity contribution < 1.29 is 17.9 Å². The third-order valence-electron chi connectivity index (χ3n) is 5.74. The molecule has 0 saturated carbocycles. The Hall–Kier alpha value is -1.90. The van der Waals surface area contributed by atoms with E-state index >= 15 is 0 Å². The molecule has 1 aromatic heterocycles. The van der Waals surface area contributed by atoms with Crippen LogP contribution in [0.2, 0.25) is 0 Å². The largest absolute Gasteiger partial charge is 0.508 e. The topological polar surface area (TPSA) is 91.1 Å². The molecule has 146 valence electrons. The number of benzene rings is 1. The highest BCUT2D eigenvalue weighted by atomic mass is 32.2. The first-order valence-corrected chi connectivity index (χ1v) is 11.1. The van der Waals surface area contributed by atoms with E-state index in [2.05, 4.69) is 9.80 Å². The second kappa shape index (κ2) is 6.92. The number of rotatable bonds is 3. The Bertz CT molecular complexity index is 1020. The number of piperazine rings is 1. The summed E-state index contributed by atoms with van der Waals surface area (Å²) in [4.78, 5) is 16.5. The fourth-order valence-corrected chi connectivity index (χ4v) is 5.90. The number of aromatic hydroxyl groups is 1. The van der Waals surface area contributed by atoms with Gasteiger partial charge in [-0.1, -0.05) is 0 Å². The number of sulfone groups is 1. The summed E-state index contributed by atoms with van der Waals surface area (Å²) in [6, 6.07) is 5.08. The minimum absolute atomic E-state index is 0.114. The molecule has 0 amide bonds. The average molecular weight is 392 g/mol. The van der Waals surface area contributed by atoms with Crippen LogP contribution in [0.5, 0.6) is 5.75 Å². The Labute approximate surface area is 158 Å². The van der Waals surface area contributed by atoms with Gasteiger partial charge in [0.15, 0.2) is 9.84 Å². The standard InChI is InChI=1S/C19H24N2O5S/c1-13-17(22)3-2-16-14(10-18(23)26-19(13)16)11-20-5-7-21(8-6-20)15-4-9-27(24,25)12-15/h2-3,10,15,22H,4-9,11-12H2,1H3. The van der Waals surface area contributed by atoms with E-state index in [0.29, 0.717) is 23.4 Å². The summed E-state index contributed by atoms with van der Waals surface area (Å²) < 4.78 is 28.7. The van der Waals surface area contributed by atoms with Crippen LogP contribution in [0.1, 0.15) is 17.5 Å². The molecule has 2 aliphatic heterocycles. The van der Waals surface area contributed by atoms with E-state index in [1.807, 2.05) is 0 Å². The molecule has 0 aliphatic carbocycles. The van der Waals surface area contributed by atoms with Gasteiger partial charge in [-0.15, -0.1) is 0 Å². The van der Waals surface area contributed by atoms with Crippen LogP contribution in [0.4, 0.5) is 0 Å². The second-order valence-corrected chi connectivity index (χ2v) is 9.77. The normalized spacial score (nSPS) is 23.8. The summed E-state index contributed by atoms with van der Waals surface area (Å²) >= 11 is 0. The predicted molar refractivity (Wildman–Crippen MR) is 103 cm³/mol. The zero-order valence-electron chi connectivity index (χ0n) is 15.3. The van der Waals surface area contributed by atoms with Crippen molar-refractivity contribution in [2.24, 2.45) is 0 Å². The molecule has 1 atom stereocenters. The van der Waals surface area contributed by atoms with Gasteiger partial charge in [0.25, 0.3) is 0 Å². The highest BCUT2D eigenvalue weighted by molar-refractivity contribution is 7.91. The lowest BCUT2D eigenvalue weighted by Crippen LogP contribution is -2.50. The van der Waals surface area contributed by atoms with Crippen molar-refractivity contribution in [3.05, 3.63) is 39.7 Å². The van der Waals surface area contributed by atoms with E-state index in [1.165, 1.54) is 6.07 Å². The average Bonchev–Trinajstić information content (AvgIpc) is 2.99. The molecule has 2 fully saturated rings. The van der Waals surface area contributed by atoms with Crippen LogP contribution >= 0.6 is 0 Å². The lowest BCUT2D eigenvalue weighted by atomic mass is 10.1. The Morgan fingerprint density at radius 2 is 1.96 bits per heavy atom. The molecule has 2 aliphatic rings. The zero-order chi connectivity index (χ0) is 19.2. The second-order valence-electron chi connectivity index (χ2n) is 7.55. The van der Waals surface area contributed by atoms with Crippen molar-refractivity contribution in [3.63, 3.8) is 0 Å². The van der Waals surface area contributed by atoms with Gasteiger partial charge >= 0.3 is 5.63 Å². The first-order valence-electron chi connectivity index (χ1n) is 9.24. The minimum atomic E-state index is -2.86. The molecular weight excluding hydrogens is 368 g/mol. The molecule has 0 radical (unpaired) electrons. The first-order chi connectivity index (χ1) is 12.8. The molecule has 7 nitrogen and oxygen atoms in total. The first kappa shape index (κ1) is 18.5. The maximum absolute atomic E-state index is 12.0. The van der Waals surface area contributed by atoms with Crippen molar-refractivity contribution >= 4 is 20.8 Å². The van der Waals surface area contributed by atoms with Gasteiger partial charge in [0, 0.05) is 55.8 Å². The Morgan fingerprint density at radius 1 is 1.22 bits per heavy atom. The van der Waals surface area contributed by atoms with Crippen LogP contribution in [-0.4, -0.2) is 67.1 Å². The van der Waals surface area contributed by atoms with Gasteiger partial charge in [-0.2, -0.15) is 0 Å². The van der Waals surface area contributed by atoms with E-state index in [1.54, 1.807) is 19.1 Å². The molecule has 2 saturated heterocycles. The SMILES string of the molecule is Cc1c(O)ccc2c(CN3CCN(C4CCS(=O)(=O)C4)CC3)cc(=O)oc12. The van der Waals surface area contributed by atoms with Crippen molar-refractivity contribution in [2.45, 2.75) is 25.9 Å². The Balaban J connectivity index is 1.48. The van der Waals surface area contributed by atoms with Crippen molar-refractivity contribution in [1.29, 1.82) is 0 Å². The molecule has 27 heavy (non-hydrogen) atoms. The van der Waals surface area contributed by atoms with Crippen LogP contribution in [0.25, 0.3) is 11.0 Å². The molecule has 3 heterocycles. The Morgan fingerprint density at radius 3 is 2.63 bits per heavy atom. The van der Waals surface area contributed by atoms with E-state index in [-0.39, 0.29) is 17.5 Å². The number of hydrogen-bond acceptors (Lipinski definition) is 7. The molecule has 1 unspecified atom stereocenters. The number of fused-ring (bicyclic) bond motifs is 1. The number of phenols is 1. The number of phenolic OH excluding ortho intramolecular Hbond substituents is 1. The fraction of sp³-hybridized carbons (Fsp3) is 0.526. The number of hydrogen-bond donors (Lipinski definition) is 1. The third-order valence-corrected chi connectivity index (χ3v) is 7.49. The summed E-state index contributed by atoms with van der Waals surface area (Å²) in [6.07, 6.45) is 0.732. The molecule has 8 heteroatoms. The molecule has 2 aromatic rings. The van der Waals surface area contributed by atoms with E-state index in [4.69, 9.17) is 4.42 Å². The quantitative estimate of drug-likeness (QED) is 0.783. The molecule has 0 bridgehead atoms. The third kappa shape index (κ3) is 3.74. The van der Waals surface area contributed by atoms with Crippen LogP contribution in [0.15, 0.2) is 27.4 Å². The zero-order valence-corrected chi connectivity index (χ0v) is 16.2.